The molecule has 0 saturated carbocycles. The highest BCUT2D eigenvalue weighted by Gasteiger charge is 2.15. The topological polar surface area (TPSA) is 37.3 Å². The Bertz CT molecular complexity index is 390. The summed E-state index contributed by atoms with van der Waals surface area (Å²) in [4.78, 5) is 10.5. The van der Waals surface area contributed by atoms with Crippen molar-refractivity contribution in [2.75, 3.05) is 0 Å². The Morgan fingerprint density at radius 3 is 2.73 bits per heavy atom. The average molecular weight is 231 g/mol. The van der Waals surface area contributed by atoms with Crippen molar-refractivity contribution < 1.29 is 14.3 Å². The van der Waals surface area contributed by atoms with Gasteiger partial charge in [-0.1, -0.05) is 24.6 Å². The molecule has 0 saturated heterocycles. The first-order valence-corrected chi connectivity index (χ1v) is 4.97. The minimum atomic E-state index is -0.873. The van der Waals surface area contributed by atoms with Crippen molar-refractivity contribution in [1.82, 2.24) is 0 Å². The van der Waals surface area contributed by atoms with Gasteiger partial charge in [-0.2, -0.15) is 0 Å². The van der Waals surface area contributed by atoms with Gasteiger partial charge in [-0.3, -0.25) is 4.79 Å². The lowest BCUT2D eigenvalue weighted by Gasteiger charge is -2.13. The first-order chi connectivity index (χ1) is 6.93. The largest absolute Gasteiger partial charge is 0.481 e. The van der Waals surface area contributed by atoms with Crippen LogP contribution in [0.4, 0.5) is 4.39 Å². The average Bonchev–Trinajstić information content (AvgIpc) is 2.13. The van der Waals surface area contributed by atoms with Crippen molar-refractivity contribution in [3.8, 4) is 0 Å². The van der Waals surface area contributed by atoms with Crippen LogP contribution < -0.4 is 0 Å². The number of benzene rings is 1. The molecule has 1 unspecified atom stereocenters. The van der Waals surface area contributed by atoms with Gasteiger partial charge in [0.25, 0.3) is 0 Å². The fraction of sp³-hybridized carbons (Fsp3) is 0.364. The highest BCUT2D eigenvalue weighted by molar-refractivity contribution is 6.31. The Labute approximate surface area is 92.7 Å². The van der Waals surface area contributed by atoms with Crippen LogP contribution in [0.2, 0.25) is 5.02 Å². The minimum Gasteiger partial charge on any atom is -0.481 e. The van der Waals surface area contributed by atoms with Crippen molar-refractivity contribution in [2.45, 2.75) is 26.2 Å². The highest BCUT2D eigenvalue weighted by Crippen LogP contribution is 2.29. The quantitative estimate of drug-likeness (QED) is 0.865. The number of carbonyl (C=O) groups is 1. The van der Waals surface area contributed by atoms with Gasteiger partial charge in [-0.15, -0.1) is 0 Å². The van der Waals surface area contributed by atoms with Gasteiger partial charge >= 0.3 is 5.97 Å². The molecule has 0 aromatic heterocycles. The number of halogens is 2. The smallest absolute Gasteiger partial charge is 0.303 e. The Morgan fingerprint density at radius 2 is 2.20 bits per heavy atom. The highest BCUT2D eigenvalue weighted by atomic mass is 35.5. The maximum Gasteiger partial charge on any atom is 0.303 e. The van der Waals surface area contributed by atoms with Crippen LogP contribution >= 0.6 is 11.6 Å². The number of carboxylic acid groups (broad SMARTS) is 1. The summed E-state index contributed by atoms with van der Waals surface area (Å²) in [6.07, 6.45) is 0.0167. The standard InChI is InChI=1S/C11H12ClFO2/c1-6(5-10(14)15)8-3-4-9(13)11(12)7(8)2/h3-4,6H,5H2,1-2H3,(H,14,15). The number of hydrogen-bond donors (Lipinski definition) is 1. The Hall–Kier alpha value is -1.09. The van der Waals surface area contributed by atoms with Gasteiger partial charge < -0.3 is 5.11 Å². The number of hydrogen-bond acceptors (Lipinski definition) is 1. The van der Waals surface area contributed by atoms with Crippen LogP contribution in [0.3, 0.4) is 0 Å². The van der Waals surface area contributed by atoms with E-state index in [1.165, 1.54) is 6.07 Å². The van der Waals surface area contributed by atoms with Crippen LogP contribution in [0.25, 0.3) is 0 Å². The van der Waals surface area contributed by atoms with Gasteiger partial charge in [-0.05, 0) is 30.0 Å². The second kappa shape index (κ2) is 4.62. The molecule has 15 heavy (non-hydrogen) atoms. The lowest BCUT2D eigenvalue weighted by atomic mass is 9.94. The van der Waals surface area contributed by atoms with E-state index < -0.39 is 11.8 Å². The zero-order valence-electron chi connectivity index (χ0n) is 8.55. The van der Waals surface area contributed by atoms with Gasteiger partial charge in [0.2, 0.25) is 0 Å². The van der Waals surface area contributed by atoms with Crippen LogP contribution in [0.1, 0.15) is 30.4 Å². The molecule has 1 atom stereocenters. The number of rotatable bonds is 3. The molecule has 0 amide bonds. The molecule has 82 valence electrons. The van der Waals surface area contributed by atoms with Crippen LogP contribution in [0.15, 0.2) is 12.1 Å². The van der Waals surface area contributed by atoms with E-state index in [9.17, 15) is 9.18 Å². The molecule has 1 N–H and O–H groups in total. The molecule has 0 aliphatic rings. The normalized spacial score (nSPS) is 12.5. The summed E-state index contributed by atoms with van der Waals surface area (Å²) < 4.78 is 13.0. The maximum atomic E-state index is 13.0. The number of carboxylic acids is 1. The third-order valence-electron chi connectivity index (χ3n) is 2.39. The van der Waals surface area contributed by atoms with Crippen molar-refractivity contribution in [3.63, 3.8) is 0 Å². The molecule has 1 rings (SSSR count). The molecular formula is C11H12ClFO2. The van der Waals surface area contributed by atoms with Gasteiger partial charge in [0.1, 0.15) is 5.82 Å². The van der Waals surface area contributed by atoms with Gasteiger partial charge in [0.15, 0.2) is 0 Å². The zero-order chi connectivity index (χ0) is 11.6. The fourth-order valence-electron chi connectivity index (χ4n) is 1.57. The molecule has 1 aromatic carbocycles. The van der Waals surface area contributed by atoms with Gasteiger partial charge in [-0.25, -0.2) is 4.39 Å². The zero-order valence-corrected chi connectivity index (χ0v) is 9.31. The summed E-state index contributed by atoms with van der Waals surface area (Å²) >= 11 is 5.74. The number of aliphatic carboxylic acids is 1. The van der Waals surface area contributed by atoms with E-state index in [0.29, 0.717) is 5.56 Å². The molecule has 0 aliphatic carbocycles. The molecule has 0 spiro atoms. The summed E-state index contributed by atoms with van der Waals surface area (Å²) in [6.45, 7) is 3.48. The van der Waals surface area contributed by atoms with Crippen molar-refractivity contribution in [2.24, 2.45) is 0 Å². The lowest BCUT2D eigenvalue weighted by Crippen LogP contribution is -2.05. The van der Waals surface area contributed by atoms with Crippen molar-refractivity contribution in [3.05, 3.63) is 34.1 Å². The summed E-state index contributed by atoms with van der Waals surface area (Å²) in [5.74, 6) is -1.51. The molecule has 0 aliphatic heterocycles. The predicted molar refractivity (Wildman–Crippen MR) is 56.8 cm³/mol. The molecule has 0 heterocycles. The second-order valence-electron chi connectivity index (χ2n) is 3.57. The second-order valence-corrected chi connectivity index (χ2v) is 3.95. The van der Waals surface area contributed by atoms with Crippen molar-refractivity contribution in [1.29, 1.82) is 0 Å². The van der Waals surface area contributed by atoms with Crippen LogP contribution in [-0.4, -0.2) is 11.1 Å². The van der Waals surface area contributed by atoms with E-state index in [4.69, 9.17) is 16.7 Å². The van der Waals surface area contributed by atoms with Gasteiger partial charge in [0.05, 0.1) is 11.4 Å². The fourth-order valence-corrected chi connectivity index (χ4v) is 1.74. The Morgan fingerprint density at radius 1 is 1.60 bits per heavy atom. The summed E-state index contributed by atoms with van der Waals surface area (Å²) in [5, 5.41) is 8.73. The van der Waals surface area contributed by atoms with E-state index in [1.54, 1.807) is 19.9 Å². The molecule has 2 nitrogen and oxygen atoms in total. The maximum absolute atomic E-state index is 13.0. The molecule has 1 aromatic rings. The van der Waals surface area contributed by atoms with E-state index in [1.807, 2.05) is 0 Å². The lowest BCUT2D eigenvalue weighted by molar-refractivity contribution is -0.137. The molecule has 4 heteroatoms. The van der Waals surface area contributed by atoms with Crippen molar-refractivity contribution >= 4 is 17.6 Å². The Balaban J connectivity index is 3.05. The predicted octanol–water partition coefficient (Wildman–Crippen LogP) is 3.37. The van der Waals surface area contributed by atoms with Crippen LogP contribution in [0, 0.1) is 12.7 Å². The molecule has 0 bridgehead atoms. The summed E-state index contributed by atoms with van der Waals surface area (Å²) in [6, 6.07) is 2.85. The Kier molecular flexibility index (Phi) is 3.69. The minimum absolute atomic E-state index is 0.0167. The third-order valence-corrected chi connectivity index (χ3v) is 2.86. The van der Waals surface area contributed by atoms with E-state index >= 15 is 0 Å². The molecular weight excluding hydrogens is 219 g/mol. The van der Waals surface area contributed by atoms with Crippen LogP contribution in [-0.2, 0) is 4.79 Å². The first kappa shape index (κ1) is 12.0. The summed E-state index contributed by atoms with van der Waals surface area (Å²) in [5.41, 5.74) is 1.40. The monoisotopic (exact) mass is 230 g/mol. The van der Waals surface area contributed by atoms with E-state index in [-0.39, 0.29) is 17.4 Å². The summed E-state index contributed by atoms with van der Waals surface area (Å²) in [7, 11) is 0. The molecule has 0 radical (unpaired) electrons. The third kappa shape index (κ3) is 2.69. The van der Waals surface area contributed by atoms with E-state index in [2.05, 4.69) is 0 Å². The van der Waals surface area contributed by atoms with E-state index in [0.717, 1.165) is 5.56 Å². The SMILES string of the molecule is Cc1c(C(C)CC(=O)O)ccc(F)c1Cl. The first-order valence-electron chi connectivity index (χ1n) is 4.59. The van der Waals surface area contributed by atoms with Crippen LogP contribution in [0.5, 0.6) is 0 Å². The van der Waals surface area contributed by atoms with Gasteiger partial charge in [0, 0.05) is 0 Å². The molecule has 0 fully saturated rings.